The molecule has 6 aromatic carbocycles. The number of hydrogen-bond acceptors (Lipinski definition) is 17. The first-order valence-electron chi connectivity index (χ1n) is 15.9. The lowest BCUT2D eigenvalue weighted by molar-refractivity contribution is -0.384. The number of anilines is 2. The normalized spacial score (nSPS) is 12.2. The fraction of sp³-hybridized carbons (Fsp3) is 0.0286. The Labute approximate surface area is 321 Å². The van der Waals surface area contributed by atoms with Crippen LogP contribution in [0.4, 0.5) is 51.2 Å². The van der Waals surface area contributed by atoms with Gasteiger partial charge in [-0.25, -0.2) is 0 Å². The number of nitro benzene ring substituents is 1. The van der Waals surface area contributed by atoms with Gasteiger partial charge in [0.15, 0.2) is 17.2 Å². The van der Waals surface area contributed by atoms with Gasteiger partial charge in [0.2, 0.25) is 0 Å². The molecule has 0 saturated heterocycles. The molecular formula is C35H26N8O12S2. The van der Waals surface area contributed by atoms with E-state index in [1.165, 1.54) is 25.3 Å². The number of methoxy groups -OCH3 is 1. The van der Waals surface area contributed by atoms with Crippen molar-refractivity contribution in [2.75, 3.05) is 12.4 Å². The van der Waals surface area contributed by atoms with Crippen LogP contribution < -0.4 is 10.1 Å². The molecule has 0 fully saturated rings. The molecule has 0 radical (unpaired) electrons. The third kappa shape index (κ3) is 8.63. The molecule has 6 aromatic rings. The van der Waals surface area contributed by atoms with Gasteiger partial charge in [-0.2, -0.15) is 21.9 Å². The second kappa shape index (κ2) is 15.8. The molecule has 0 aromatic heterocycles. The molecule has 0 heterocycles. The smallest absolute Gasteiger partial charge is 0.296 e. The van der Waals surface area contributed by atoms with E-state index in [1.54, 1.807) is 48.5 Å². The monoisotopic (exact) mass is 814 g/mol. The summed E-state index contributed by atoms with van der Waals surface area (Å²) in [6.45, 7) is 0. The first kappa shape index (κ1) is 39.3. The van der Waals surface area contributed by atoms with Crippen molar-refractivity contribution in [3.63, 3.8) is 0 Å². The van der Waals surface area contributed by atoms with Crippen molar-refractivity contribution < 1.29 is 50.9 Å². The molecule has 22 heteroatoms. The predicted octanol–water partition coefficient (Wildman–Crippen LogP) is 9.36. The maximum Gasteiger partial charge on any atom is 0.296 e. The van der Waals surface area contributed by atoms with Crippen LogP contribution in [0, 0.1) is 10.1 Å². The molecule has 290 valence electrons. The molecule has 0 aliphatic carbocycles. The number of benzene rings is 6. The number of non-ortho nitro benzene ring substituents is 1. The van der Waals surface area contributed by atoms with Crippen LogP contribution in [-0.2, 0) is 20.2 Å². The van der Waals surface area contributed by atoms with E-state index in [4.69, 9.17) is 4.74 Å². The third-order valence-corrected chi connectivity index (χ3v) is 9.69. The minimum absolute atomic E-state index is 0.00636. The van der Waals surface area contributed by atoms with Gasteiger partial charge in [0.05, 0.1) is 23.4 Å². The SMILES string of the molecule is COc1ccccc1N=Nc1c(O)c(N=Nc2ccc(Nc3ccccc3)c(S(=O)(=O)O)c2)cc(N=Nc2c(O)cc(S(=O)(=O)O)c3cc([N+](=O)[O-])ccc23)c1O. The van der Waals surface area contributed by atoms with Gasteiger partial charge >= 0.3 is 0 Å². The fourth-order valence-electron chi connectivity index (χ4n) is 5.25. The van der Waals surface area contributed by atoms with Crippen LogP contribution in [0.3, 0.4) is 0 Å². The van der Waals surface area contributed by atoms with Gasteiger partial charge in [-0.15, -0.1) is 25.6 Å². The average molecular weight is 815 g/mol. The second-order valence-corrected chi connectivity index (χ2v) is 14.4. The fourth-order valence-corrected chi connectivity index (χ4v) is 6.62. The molecule has 57 heavy (non-hydrogen) atoms. The predicted molar refractivity (Wildman–Crippen MR) is 203 cm³/mol. The van der Waals surface area contributed by atoms with Gasteiger partial charge in [-0.05, 0) is 48.5 Å². The third-order valence-electron chi connectivity index (χ3n) is 7.90. The number of nitrogens with zero attached hydrogens (tertiary/aromatic N) is 7. The van der Waals surface area contributed by atoms with Crippen LogP contribution in [0.1, 0.15) is 0 Å². The zero-order valence-corrected chi connectivity index (χ0v) is 30.5. The Bertz CT molecular complexity index is 2890. The Kier molecular flexibility index (Phi) is 10.9. The summed E-state index contributed by atoms with van der Waals surface area (Å²) < 4.78 is 73.9. The molecule has 0 spiro atoms. The minimum atomic E-state index is -5.02. The zero-order chi connectivity index (χ0) is 41.1. The molecule has 0 unspecified atom stereocenters. The summed E-state index contributed by atoms with van der Waals surface area (Å²) in [5.74, 6) is -2.22. The van der Waals surface area contributed by atoms with Crippen LogP contribution in [-0.4, -0.2) is 53.3 Å². The van der Waals surface area contributed by atoms with E-state index in [0.29, 0.717) is 11.8 Å². The van der Waals surface area contributed by atoms with Gasteiger partial charge in [0.1, 0.15) is 44.0 Å². The van der Waals surface area contributed by atoms with E-state index < -0.39 is 86.0 Å². The van der Waals surface area contributed by atoms with Gasteiger partial charge in [-0.1, -0.05) is 30.3 Å². The molecule has 0 atom stereocenters. The lowest BCUT2D eigenvalue weighted by Gasteiger charge is -2.11. The van der Waals surface area contributed by atoms with E-state index in [0.717, 1.165) is 30.3 Å². The highest BCUT2D eigenvalue weighted by molar-refractivity contribution is 7.86. The lowest BCUT2D eigenvalue weighted by atomic mass is 10.1. The van der Waals surface area contributed by atoms with Crippen molar-refractivity contribution in [2.24, 2.45) is 30.7 Å². The van der Waals surface area contributed by atoms with Crippen molar-refractivity contribution in [1.82, 2.24) is 0 Å². The van der Waals surface area contributed by atoms with E-state index in [2.05, 4.69) is 36.0 Å². The van der Waals surface area contributed by atoms with E-state index in [9.17, 15) is 51.4 Å². The summed E-state index contributed by atoms with van der Waals surface area (Å²) in [7, 11) is -8.45. The van der Waals surface area contributed by atoms with E-state index in [-0.39, 0.29) is 28.2 Å². The summed E-state index contributed by atoms with van der Waals surface area (Å²) in [5, 5.41) is 70.8. The molecular weight excluding hydrogens is 789 g/mol. The zero-order valence-electron chi connectivity index (χ0n) is 28.9. The maximum atomic E-state index is 12.3. The number of ether oxygens (including phenoxy) is 1. The van der Waals surface area contributed by atoms with Crippen molar-refractivity contribution in [3.05, 3.63) is 113 Å². The Morgan fingerprint density at radius 3 is 1.89 bits per heavy atom. The number of hydrogen-bond donors (Lipinski definition) is 6. The molecule has 20 nitrogen and oxygen atoms in total. The van der Waals surface area contributed by atoms with Crippen molar-refractivity contribution >= 4 is 82.2 Å². The number of phenolic OH excluding ortho intramolecular Hbond substituents is 3. The summed E-state index contributed by atoms with van der Waals surface area (Å²) in [6, 6.07) is 22.9. The van der Waals surface area contributed by atoms with Crippen molar-refractivity contribution in [2.45, 2.75) is 9.79 Å². The number of nitrogens with one attached hydrogen (secondary N) is 1. The molecule has 0 amide bonds. The number of phenols is 3. The Hall–Kier alpha value is -7.40. The quantitative estimate of drug-likeness (QED) is 0.0290. The average Bonchev–Trinajstić information content (AvgIpc) is 3.17. The van der Waals surface area contributed by atoms with Crippen LogP contribution in [0.15, 0.2) is 144 Å². The largest absolute Gasteiger partial charge is 0.506 e. The topological polar surface area (TPSA) is 308 Å². The van der Waals surface area contributed by atoms with Crippen LogP contribution >= 0.6 is 0 Å². The van der Waals surface area contributed by atoms with Gasteiger partial charge in [0, 0.05) is 40.7 Å². The Morgan fingerprint density at radius 2 is 1.25 bits per heavy atom. The molecule has 0 saturated carbocycles. The molecule has 6 N–H and O–H groups in total. The second-order valence-electron chi connectivity index (χ2n) is 11.6. The molecule has 6 rings (SSSR count). The van der Waals surface area contributed by atoms with Crippen LogP contribution in [0.25, 0.3) is 10.8 Å². The van der Waals surface area contributed by atoms with Crippen LogP contribution in [0.2, 0.25) is 0 Å². The minimum Gasteiger partial charge on any atom is -0.506 e. The maximum absolute atomic E-state index is 12.3. The summed E-state index contributed by atoms with van der Waals surface area (Å²) in [6.07, 6.45) is 0. The van der Waals surface area contributed by atoms with E-state index in [1.807, 2.05) is 0 Å². The van der Waals surface area contributed by atoms with Crippen LogP contribution in [0.5, 0.6) is 23.0 Å². The number of azo groups is 3. The Balaban J connectivity index is 1.49. The standard InChI is InChI=1S/C35H26N8O12S2/c1-55-29-10-6-5-9-24(29)38-42-33-34(45)26(39-37-20-11-14-25(31(15-20)57(52,53)54)36-19-7-3-2-4-8-19)17-27(35(33)46)40-41-32-22-13-12-21(43(47)48)16-23(22)30(18-28(32)44)56(49,50)51/h2-18,36,44-46H,1H3,(H,49,50,51)(H,52,53,54). The van der Waals surface area contributed by atoms with Gasteiger partial charge in [0.25, 0.3) is 25.9 Å². The van der Waals surface area contributed by atoms with Crippen molar-refractivity contribution in [3.8, 4) is 23.0 Å². The lowest BCUT2D eigenvalue weighted by Crippen LogP contribution is -2.03. The summed E-state index contributed by atoms with van der Waals surface area (Å²) in [4.78, 5) is 9.20. The highest BCUT2D eigenvalue weighted by Gasteiger charge is 2.24. The Morgan fingerprint density at radius 1 is 0.632 bits per heavy atom. The number of nitro groups is 1. The van der Waals surface area contributed by atoms with E-state index >= 15 is 0 Å². The summed E-state index contributed by atoms with van der Waals surface area (Å²) >= 11 is 0. The number of fused-ring (bicyclic) bond motifs is 1. The van der Waals surface area contributed by atoms with Gasteiger partial charge in [-0.3, -0.25) is 19.2 Å². The number of para-hydroxylation sites is 2. The summed E-state index contributed by atoms with van der Waals surface area (Å²) in [5.41, 5.74) is -2.01. The molecule has 0 bridgehead atoms. The molecule has 0 aliphatic heterocycles. The highest BCUT2D eigenvalue weighted by Crippen LogP contribution is 2.51. The van der Waals surface area contributed by atoms with Gasteiger partial charge < -0.3 is 25.4 Å². The molecule has 0 aliphatic rings. The first-order chi connectivity index (χ1) is 27.0. The van der Waals surface area contributed by atoms with Crippen molar-refractivity contribution in [1.29, 1.82) is 0 Å². The highest BCUT2D eigenvalue weighted by atomic mass is 32.2. The number of aromatic hydroxyl groups is 3. The number of rotatable bonds is 12. The first-order valence-corrected chi connectivity index (χ1v) is 18.8.